The molecule has 0 bridgehead atoms. The summed E-state index contributed by atoms with van der Waals surface area (Å²) in [5.74, 6) is 0.886. The van der Waals surface area contributed by atoms with Crippen molar-refractivity contribution < 1.29 is 4.42 Å². The van der Waals surface area contributed by atoms with Gasteiger partial charge in [-0.1, -0.05) is 45.0 Å². The first kappa shape index (κ1) is 13.7. The lowest BCUT2D eigenvalue weighted by atomic mass is 9.86. The largest absolute Gasteiger partial charge is 0.429 e. The summed E-state index contributed by atoms with van der Waals surface area (Å²) in [7, 11) is 0. The van der Waals surface area contributed by atoms with E-state index in [9.17, 15) is 0 Å². The lowest BCUT2D eigenvalue weighted by Crippen LogP contribution is -2.10. The summed E-state index contributed by atoms with van der Waals surface area (Å²) < 4.78 is 5.38. The molecule has 2 aromatic rings. The first-order valence-corrected chi connectivity index (χ1v) is 6.67. The molecule has 19 heavy (non-hydrogen) atoms. The highest BCUT2D eigenvalue weighted by atomic mass is 16.4. The first-order chi connectivity index (χ1) is 8.86. The lowest BCUT2D eigenvalue weighted by Gasteiger charge is -2.19. The van der Waals surface area contributed by atoms with Crippen molar-refractivity contribution in [3.8, 4) is 0 Å². The number of nitrogen functional groups attached to an aromatic ring is 1. The van der Waals surface area contributed by atoms with Crippen LogP contribution in [0.4, 0.5) is 6.01 Å². The van der Waals surface area contributed by atoms with E-state index < -0.39 is 0 Å². The molecule has 0 fully saturated rings. The van der Waals surface area contributed by atoms with Gasteiger partial charge < -0.3 is 10.2 Å². The maximum absolute atomic E-state index is 5.54. The van der Waals surface area contributed by atoms with E-state index in [1.54, 1.807) is 0 Å². The van der Waals surface area contributed by atoms with Crippen LogP contribution in [0.3, 0.4) is 0 Å². The van der Waals surface area contributed by atoms with Crippen LogP contribution in [0, 0.1) is 6.92 Å². The summed E-state index contributed by atoms with van der Waals surface area (Å²) in [6.45, 7) is 8.60. The molecule has 0 aliphatic rings. The summed E-state index contributed by atoms with van der Waals surface area (Å²) in [6, 6.07) is 9.05. The molecule has 0 aliphatic heterocycles. The Hall–Kier alpha value is -1.77. The molecule has 0 saturated heterocycles. The number of aryl methyl sites for hydroxylation is 3. The van der Waals surface area contributed by atoms with E-state index >= 15 is 0 Å². The van der Waals surface area contributed by atoms with Gasteiger partial charge in [-0.3, -0.25) is 0 Å². The van der Waals surface area contributed by atoms with E-state index in [2.05, 4.69) is 50.0 Å². The van der Waals surface area contributed by atoms with Gasteiger partial charge in [-0.2, -0.15) is 4.98 Å². The molecule has 1 aromatic heterocycles. The Balaban J connectivity index is 2.02. The Morgan fingerprint density at radius 2 is 1.74 bits per heavy atom. The molecular formula is C16H22N2O. The summed E-state index contributed by atoms with van der Waals surface area (Å²) in [6.07, 6.45) is 1.78. The lowest BCUT2D eigenvalue weighted by molar-refractivity contribution is 0.519. The minimum Gasteiger partial charge on any atom is -0.429 e. The number of rotatable bonds is 3. The van der Waals surface area contributed by atoms with Gasteiger partial charge >= 0.3 is 0 Å². The molecule has 3 nitrogen and oxygen atoms in total. The zero-order valence-electron chi connectivity index (χ0n) is 12.2. The van der Waals surface area contributed by atoms with Gasteiger partial charge in [0.2, 0.25) is 0 Å². The predicted octanol–water partition coefficient (Wildman–Crippen LogP) is 3.65. The topological polar surface area (TPSA) is 52.0 Å². The van der Waals surface area contributed by atoms with Gasteiger partial charge in [-0.15, -0.1) is 0 Å². The van der Waals surface area contributed by atoms with Crippen molar-refractivity contribution in [1.29, 1.82) is 0 Å². The Bertz CT molecular complexity index is 547. The van der Waals surface area contributed by atoms with Gasteiger partial charge in [-0.05, 0) is 29.9 Å². The van der Waals surface area contributed by atoms with Crippen LogP contribution in [0.1, 0.15) is 43.4 Å². The average molecular weight is 258 g/mol. The summed E-state index contributed by atoms with van der Waals surface area (Å²) in [5, 5.41) is 0. The van der Waals surface area contributed by atoms with Crippen LogP contribution in [-0.2, 0) is 18.3 Å². The van der Waals surface area contributed by atoms with Crippen LogP contribution in [0.2, 0.25) is 0 Å². The molecular weight excluding hydrogens is 236 g/mol. The van der Waals surface area contributed by atoms with Gasteiger partial charge in [0.1, 0.15) is 5.76 Å². The van der Waals surface area contributed by atoms with Crippen LogP contribution >= 0.6 is 0 Å². The van der Waals surface area contributed by atoms with E-state index in [0.29, 0.717) is 0 Å². The van der Waals surface area contributed by atoms with Gasteiger partial charge in [-0.25, -0.2) is 0 Å². The second-order valence-electron chi connectivity index (χ2n) is 6.01. The second kappa shape index (κ2) is 5.08. The smallest absolute Gasteiger partial charge is 0.292 e. The molecule has 1 heterocycles. The quantitative estimate of drug-likeness (QED) is 0.914. The monoisotopic (exact) mass is 258 g/mol. The van der Waals surface area contributed by atoms with Crippen molar-refractivity contribution >= 4 is 6.01 Å². The van der Waals surface area contributed by atoms with E-state index in [0.717, 1.165) is 24.3 Å². The van der Waals surface area contributed by atoms with Gasteiger partial charge in [0, 0.05) is 6.42 Å². The molecule has 1 aromatic carbocycles. The van der Waals surface area contributed by atoms with Crippen LogP contribution in [0.5, 0.6) is 0 Å². The molecule has 0 unspecified atom stereocenters. The maximum atomic E-state index is 5.54. The Morgan fingerprint density at radius 3 is 2.21 bits per heavy atom. The molecule has 0 amide bonds. The van der Waals surface area contributed by atoms with Crippen molar-refractivity contribution in [2.45, 2.75) is 46.0 Å². The normalized spacial score (nSPS) is 11.8. The molecule has 0 radical (unpaired) electrons. The van der Waals surface area contributed by atoms with Crippen LogP contribution in [-0.4, -0.2) is 4.98 Å². The van der Waals surface area contributed by atoms with E-state index in [-0.39, 0.29) is 11.4 Å². The number of nitrogens with zero attached hydrogens (tertiary/aromatic N) is 1. The zero-order chi connectivity index (χ0) is 14.0. The number of benzene rings is 1. The molecule has 0 saturated carbocycles. The zero-order valence-corrected chi connectivity index (χ0v) is 12.2. The fourth-order valence-electron chi connectivity index (χ4n) is 2.11. The number of oxazole rings is 1. The highest BCUT2D eigenvalue weighted by Crippen LogP contribution is 2.22. The standard InChI is InChI=1S/C16H22N2O/c1-11-14(19-15(17)18-11)10-7-12-5-8-13(9-6-12)16(2,3)4/h5-6,8-9H,7,10H2,1-4H3,(H2,17,18). The molecule has 0 spiro atoms. The van der Waals surface area contributed by atoms with Crippen LogP contribution in [0.25, 0.3) is 0 Å². The molecule has 102 valence electrons. The van der Waals surface area contributed by atoms with Crippen molar-refractivity contribution in [2.24, 2.45) is 0 Å². The highest BCUT2D eigenvalue weighted by Gasteiger charge is 2.13. The molecule has 3 heteroatoms. The first-order valence-electron chi connectivity index (χ1n) is 6.67. The molecule has 2 N–H and O–H groups in total. The van der Waals surface area contributed by atoms with Crippen molar-refractivity contribution in [3.63, 3.8) is 0 Å². The van der Waals surface area contributed by atoms with Gasteiger partial charge in [0.05, 0.1) is 5.69 Å². The minimum absolute atomic E-state index is 0.203. The van der Waals surface area contributed by atoms with Crippen molar-refractivity contribution in [3.05, 3.63) is 46.8 Å². The van der Waals surface area contributed by atoms with Gasteiger partial charge in [0.15, 0.2) is 0 Å². The second-order valence-corrected chi connectivity index (χ2v) is 6.01. The predicted molar refractivity (Wildman–Crippen MR) is 78.2 cm³/mol. The molecule has 0 atom stereocenters. The van der Waals surface area contributed by atoms with E-state index in [4.69, 9.17) is 10.2 Å². The van der Waals surface area contributed by atoms with Crippen LogP contribution < -0.4 is 5.73 Å². The fraction of sp³-hybridized carbons (Fsp3) is 0.438. The third-order valence-electron chi connectivity index (χ3n) is 3.37. The van der Waals surface area contributed by atoms with E-state index in [1.165, 1.54) is 11.1 Å². The minimum atomic E-state index is 0.203. The third kappa shape index (κ3) is 3.37. The Kier molecular flexibility index (Phi) is 3.65. The Morgan fingerprint density at radius 1 is 1.11 bits per heavy atom. The summed E-state index contributed by atoms with van der Waals surface area (Å²) >= 11 is 0. The van der Waals surface area contributed by atoms with E-state index in [1.807, 2.05) is 6.92 Å². The van der Waals surface area contributed by atoms with Gasteiger partial charge in [0.25, 0.3) is 6.01 Å². The fourth-order valence-corrected chi connectivity index (χ4v) is 2.11. The molecule has 0 aliphatic carbocycles. The molecule has 2 rings (SSSR count). The SMILES string of the molecule is Cc1nc(N)oc1CCc1ccc(C(C)(C)C)cc1. The summed E-state index contributed by atoms with van der Waals surface area (Å²) in [5.41, 5.74) is 9.30. The number of hydrogen-bond donors (Lipinski definition) is 1. The number of nitrogens with two attached hydrogens (primary N) is 1. The van der Waals surface area contributed by atoms with Crippen LogP contribution in [0.15, 0.2) is 28.7 Å². The van der Waals surface area contributed by atoms with Crippen molar-refractivity contribution in [1.82, 2.24) is 4.98 Å². The van der Waals surface area contributed by atoms with Crippen molar-refractivity contribution in [2.75, 3.05) is 5.73 Å². The highest BCUT2D eigenvalue weighted by molar-refractivity contribution is 5.28. The maximum Gasteiger partial charge on any atom is 0.292 e. The third-order valence-corrected chi connectivity index (χ3v) is 3.37. The number of hydrogen-bond acceptors (Lipinski definition) is 3. The number of aromatic nitrogens is 1. The average Bonchev–Trinajstić information content (AvgIpc) is 2.65. The number of anilines is 1. The summed E-state index contributed by atoms with van der Waals surface area (Å²) in [4.78, 5) is 4.08. The Labute approximate surface area is 114 Å².